The summed E-state index contributed by atoms with van der Waals surface area (Å²) in [4.78, 5) is 16.8. The van der Waals surface area contributed by atoms with Gasteiger partial charge in [0.1, 0.15) is 11.9 Å². The molecule has 1 fully saturated rings. The second kappa shape index (κ2) is 10.9. The van der Waals surface area contributed by atoms with Crippen LogP contribution in [0.15, 0.2) is 48.8 Å². The first-order valence-electron chi connectivity index (χ1n) is 10.1. The number of halogens is 1. The molecule has 28 heavy (non-hydrogen) atoms. The van der Waals surface area contributed by atoms with Crippen LogP contribution in [0.3, 0.4) is 0 Å². The third-order valence-electron chi connectivity index (χ3n) is 5.29. The normalized spacial score (nSPS) is 15.9. The van der Waals surface area contributed by atoms with Crippen LogP contribution in [0.1, 0.15) is 36.4 Å². The number of amides is 1. The minimum absolute atomic E-state index is 0.0778. The number of carbonyl (C=O) groups is 1. The molecule has 5 nitrogen and oxygen atoms in total. The first-order chi connectivity index (χ1) is 13.7. The van der Waals surface area contributed by atoms with Gasteiger partial charge in [0.25, 0.3) is 0 Å². The number of hydrogen-bond acceptors (Lipinski definition) is 4. The Morgan fingerprint density at radius 3 is 2.54 bits per heavy atom. The molecule has 0 spiro atoms. The summed E-state index contributed by atoms with van der Waals surface area (Å²) in [5.41, 5.74) is 1.92. The first-order valence-corrected chi connectivity index (χ1v) is 10.1. The summed E-state index contributed by atoms with van der Waals surface area (Å²) >= 11 is 0. The van der Waals surface area contributed by atoms with Crippen molar-refractivity contribution in [1.29, 1.82) is 0 Å². The smallest absolute Gasteiger partial charge is 0.241 e. The minimum atomic E-state index is -0.472. The van der Waals surface area contributed by atoms with Crippen LogP contribution in [0.4, 0.5) is 4.39 Å². The van der Waals surface area contributed by atoms with Gasteiger partial charge in [-0.15, -0.1) is 0 Å². The van der Waals surface area contributed by atoms with Crippen LogP contribution in [0.25, 0.3) is 0 Å². The minimum Gasteiger partial charge on any atom is -0.354 e. The quantitative estimate of drug-likeness (QED) is 0.622. The fraction of sp³-hybridized carbons (Fsp3) is 0.455. The Hall–Kier alpha value is -2.31. The van der Waals surface area contributed by atoms with Crippen LogP contribution in [0.2, 0.25) is 0 Å². The van der Waals surface area contributed by atoms with E-state index in [1.807, 2.05) is 12.1 Å². The van der Waals surface area contributed by atoms with Gasteiger partial charge < -0.3 is 16.0 Å². The zero-order valence-electron chi connectivity index (χ0n) is 16.2. The van der Waals surface area contributed by atoms with Crippen LogP contribution in [0.5, 0.6) is 0 Å². The molecule has 6 heteroatoms. The summed E-state index contributed by atoms with van der Waals surface area (Å²) in [7, 11) is 0. The maximum Gasteiger partial charge on any atom is 0.241 e. The topological polar surface area (TPSA) is 66.0 Å². The van der Waals surface area contributed by atoms with Crippen molar-refractivity contribution in [1.82, 2.24) is 20.9 Å². The number of pyridine rings is 1. The highest BCUT2D eigenvalue weighted by atomic mass is 19.1. The summed E-state index contributed by atoms with van der Waals surface area (Å²) in [5.74, 6) is 0.318. The van der Waals surface area contributed by atoms with E-state index in [1.165, 1.54) is 25.0 Å². The lowest BCUT2D eigenvalue weighted by Gasteiger charge is -2.24. The Labute approximate surface area is 166 Å². The maximum absolute atomic E-state index is 13.3. The van der Waals surface area contributed by atoms with Gasteiger partial charge >= 0.3 is 0 Å². The predicted molar refractivity (Wildman–Crippen MR) is 108 cm³/mol. The molecule has 150 valence electrons. The first kappa shape index (κ1) is 20.4. The zero-order valence-corrected chi connectivity index (χ0v) is 16.2. The molecule has 1 unspecified atom stereocenters. The van der Waals surface area contributed by atoms with Crippen molar-refractivity contribution in [3.05, 3.63) is 65.7 Å². The maximum atomic E-state index is 13.3. The van der Waals surface area contributed by atoms with E-state index in [9.17, 15) is 9.18 Å². The highest BCUT2D eigenvalue weighted by molar-refractivity contribution is 5.83. The Balaban J connectivity index is 1.54. The summed E-state index contributed by atoms with van der Waals surface area (Å²) in [5, 5.41) is 9.77. The van der Waals surface area contributed by atoms with Crippen molar-refractivity contribution in [2.45, 2.75) is 31.7 Å². The number of piperidine rings is 1. The Morgan fingerprint density at radius 2 is 1.82 bits per heavy atom. The molecular weight excluding hydrogens is 355 g/mol. The number of nitrogens with one attached hydrogen (secondary N) is 3. The van der Waals surface area contributed by atoms with Gasteiger partial charge in [0.2, 0.25) is 5.91 Å². The number of nitrogens with zero attached hydrogens (tertiary/aromatic N) is 1. The standard InChI is InChI=1S/C22H29FN4O/c23-20-3-1-19(2-4-20)21(26-15-9-17-5-11-24-12-6-17)22(28)27-16-10-18-7-13-25-14-8-18/h1-4,7-8,13-14,17,21,24,26H,5-6,9-12,15-16H2,(H,27,28). The zero-order chi connectivity index (χ0) is 19.6. The van der Waals surface area contributed by atoms with Crippen LogP contribution in [-0.4, -0.2) is 37.1 Å². The average molecular weight is 384 g/mol. The van der Waals surface area contributed by atoms with Gasteiger partial charge in [-0.05, 0) is 86.6 Å². The van der Waals surface area contributed by atoms with Crippen LogP contribution < -0.4 is 16.0 Å². The third kappa shape index (κ3) is 6.39. The molecule has 0 saturated carbocycles. The number of aromatic nitrogens is 1. The Bertz CT molecular complexity index is 717. The lowest BCUT2D eigenvalue weighted by Crippen LogP contribution is -2.39. The molecular formula is C22H29FN4O. The van der Waals surface area contributed by atoms with E-state index < -0.39 is 6.04 Å². The molecule has 0 bridgehead atoms. The Kier molecular flexibility index (Phi) is 7.94. The van der Waals surface area contributed by atoms with Crippen molar-refractivity contribution in [2.24, 2.45) is 5.92 Å². The molecule has 1 atom stereocenters. The molecule has 1 aliphatic heterocycles. The van der Waals surface area contributed by atoms with Gasteiger partial charge in [0.05, 0.1) is 0 Å². The molecule has 3 N–H and O–H groups in total. The fourth-order valence-electron chi connectivity index (χ4n) is 3.60. The summed E-state index contributed by atoms with van der Waals surface area (Å²) in [6, 6.07) is 9.59. The fourth-order valence-corrected chi connectivity index (χ4v) is 3.60. The van der Waals surface area contributed by atoms with Gasteiger partial charge in [0.15, 0.2) is 0 Å². The molecule has 2 aromatic rings. The molecule has 3 rings (SSSR count). The lowest BCUT2D eigenvalue weighted by atomic mass is 9.94. The lowest BCUT2D eigenvalue weighted by molar-refractivity contribution is -0.123. The van der Waals surface area contributed by atoms with Gasteiger partial charge in [-0.25, -0.2) is 4.39 Å². The molecule has 1 aromatic carbocycles. The highest BCUT2D eigenvalue weighted by Crippen LogP contribution is 2.18. The van der Waals surface area contributed by atoms with Crippen molar-refractivity contribution in [3.8, 4) is 0 Å². The number of benzene rings is 1. The van der Waals surface area contributed by atoms with E-state index in [0.717, 1.165) is 43.6 Å². The van der Waals surface area contributed by atoms with Crippen molar-refractivity contribution < 1.29 is 9.18 Å². The number of hydrogen-bond donors (Lipinski definition) is 3. The van der Waals surface area contributed by atoms with Gasteiger partial charge in [-0.2, -0.15) is 0 Å². The van der Waals surface area contributed by atoms with Crippen molar-refractivity contribution >= 4 is 5.91 Å². The van der Waals surface area contributed by atoms with E-state index in [2.05, 4.69) is 20.9 Å². The van der Waals surface area contributed by atoms with E-state index >= 15 is 0 Å². The molecule has 1 aliphatic rings. The average Bonchev–Trinajstić information content (AvgIpc) is 2.73. The summed E-state index contributed by atoms with van der Waals surface area (Å²) in [6.45, 7) is 3.46. The molecule has 0 radical (unpaired) electrons. The van der Waals surface area contributed by atoms with E-state index in [0.29, 0.717) is 12.5 Å². The number of rotatable bonds is 9. The van der Waals surface area contributed by atoms with E-state index in [1.54, 1.807) is 24.5 Å². The van der Waals surface area contributed by atoms with Gasteiger partial charge in [-0.3, -0.25) is 9.78 Å². The number of carbonyl (C=O) groups excluding carboxylic acids is 1. The molecule has 0 aliphatic carbocycles. The second-order valence-corrected chi connectivity index (χ2v) is 7.32. The second-order valence-electron chi connectivity index (χ2n) is 7.32. The van der Waals surface area contributed by atoms with Crippen LogP contribution in [-0.2, 0) is 11.2 Å². The van der Waals surface area contributed by atoms with E-state index in [4.69, 9.17) is 0 Å². The predicted octanol–water partition coefficient (Wildman–Crippen LogP) is 2.60. The molecule has 2 heterocycles. The monoisotopic (exact) mass is 384 g/mol. The molecule has 1 aromatic heterocycles. The van der Waals surface area contributed by atoms with E-state index in [-0.39, 0.29) is 11.7 Å². The van der Waals surface area contributed by atoms with Crippen molar-refractivity contribution in [3.63, 3.8) is 0 Å². The van der Waals surface area contributed by atoms with Crippen molar-refractivity contribution in [2.75, 3.05) is 26.2 Å². The summed E-state index contributed by atoms with van der Waals surface area (Å²) < 4.78 is 13.3. The SMILES string of the molecule is O=C(NCCc1ccncc1)C(NCCC1CCNCC1)c1ccc(F)cc1. The van der Waals surface area contributed by atoms with Gasteiger partial charge in [0, 0.05) is 18.9 Å². The molecule has 1 amide bonds. The largest absolute Gasteiger partial charge is 0.354 e. The molecule has 1 saturated heterocycles. The van der Waals surface area contributed by atoms with Gasteiger partial charge in [-0.1, -0.05) is 12.1 Å². The highest BCUT2D eigenvalue weighted by Gasteiger charge is 2.21. The van der Waals surface area contributed by atoms with Crippen LogP contribution >= 0.6 is 0 Å². The third-order valence-corrected chi connectivity index (χ3v) is 5.29. The summed E-state index contributed by atoms with van der Waals surface area (Å²) in [6.07, 6.45) is 7.66. The van der Waals surface area contributed by atoms with Crippen LogP contribution in [0, 0.1) is 11.7 Å². The Morgan fingerprint density at radius 1 is 1.11 bits per heavy atom.